The minimum Gasteiger partial charge on any atom is -0.368 e. The molecule has 0 aliphatic carbocycles. The topological polar surface area (TPSA) is 61.1 Å². The third-order valence-electron chi connectivity index (χ3n) is 5.81. The summed E-state index contributed by atoms with van der Waals surface area (Å²) in [6, 6.07) is 12.5. The molecule has 1 fully saturated rings. The molecule has 0 saturated carbocycles. The number of nitrogens with zero attached hydrogens (tertiary/aromatic N) is 6. The Bertz CT molecular complexity index is 1020. The number of aromatic nitrogens is 3. The van der Waals surface area contributed by atoms with Crippen molar-refractivity contribution in [2.24, 2.45) is 4.99 Å². The second-order valence-electron chi connectivity index (χ2n) is 7.72. The number of hydrogen-bond donors (Lipinski definition) is 1. The van der Waals surface area contributed by atoms with Crippen molar-refractivity contribution < 1.29 is 0 Å². The second-order valence-corrected chi connectivity index (χ2v) is 7.72. The maximum Gasteiger partial charge on any atom is 0.194 e. The highest BCUT2D eigenvalue weighted by Gasteiger charge is 2.21. The van der Waals surface area contributed by atoms with Gasteiger partial charge in [0.05, 0.1) is 0 Å². The predicted octanol–water partition coefficient (Wildman–Crippen LogP) is 3.29. The van der Waals surface area contributed by atoms with Gasteiger partial charge in [0, 0.05) is 57.6 Å². The number of guanidine groups is 1. The van der Waals surface area contributed by atoms with E-state index in [9.17, 15) is 0 Å². The van der Waals surface area contributed by atoms with Crippen LogP contribution >= 0.6 is 24.0 Å². The normalized spacial score (nSPS) is 14.6. The summed E-state index contributed by atoms with van der Waals surface area (Å²) < 4.78 is 2.03. The van der Waals surface area contributed by atoms with Gasteiger partial charge in [-0.3, -0.25) is 9.39 Å². The van der Waals surface area contributed by atoms with E-state index in [4.69, 9.17) is 4.99 Å². The molecule has 3 heterocycles. The highest BCUT2D eigenvalue weighted by molar-refractivity contribution is 14.0. The lowest BCUT2D eigenvalue weighted by Gasteiger charge is -2.38. The molecular weight excluding hydrogens is 501 g/mol. The van der Waals surface area contributed by atoms with Crippen molar-refractivity contribution in [2.75, 3.05) is 44.2 Å². The Hall–Kier alpha value is -2.36. The van der Waals surface area contributed by atoms with Crippen LogP contribution in [-0.2, 0) is 6.42 Å². The molecule has 7 nitrogen and oxygen atoms in total. The highest BCUT2D eigenvalue weighted by atomic mass is 127. The molecule has 0 amide bonds. The van der Waals surface area contributed by atoms with Gasteiger partial charge in [-0.15, -0.1) is 34.2 Å². The first kappa shape index (κ1) is 23.3. The maximum absolute atomic E-state index is 4.88. The Morgan fingerprint density at radius 3 is 2.61 bits per heavy atom. The standard InChI is InChI=1S/C23H31N7.HI/c1-4-24-23(25-12-11-22-27-26-21-10-5-6-13-30(21)22)29-16-14-28(15-17-29)20-9-7-8-18(2)19(20)3;/h5-10,13H,4,11-12,14-17H2,1-3H3,(H,24,25);1H. The van der Waals surface area contributed by atoms with Crippen molar-refractivity contribution in [3.8, 4) is 0 Å². The van der Waals surface area contributed by atoms with Crippen LogP contribution in [0.15, 0.2) is 47.6 Å². The summed E-state index contributed by atoms with van der Waals surface area (Å²) >= 11 is 0. The Morgan fingerprint density at radius 2 is 1.84 bits per heavy atom. The third-order valence-corrected chi connectivity index (χ3v) is 5.81. The predicted molar refractivity (Wildman–Crippen MR) is 138 cm³/mol. The van der Waals surface area contributed by atoms with E-state index >= 15 is 0 Å². The average molecular weight is 533 g/mol. The fraction of sp³-hybridized carbons (Fsp3) is 0.435. The fourth-order valence-corrected chi connectivity index (χ4v) is 3.99. The first-order chi connectivity index (χ1) is 14.7. The van der Waals surface area contributed by atoms with Crippen molar-refractivity contribution in [3.63, 3.8) is 0 Å². The van der Waals surface area contributed by atoms with Crippen molar-refractivity contribution >= 4 is 41.3 Å². The van der Waals surface area contributed by atoms with E-state index in [2.05, 4.69) is 64.3 Å². The highest BCUT2D eigenvalue weighted by Crippen LogP contribution is 2.23. The van der Waals surface area contributed by atoms with E-state index in [1.54, 1.807) is 0 Å². The van der Waals surface area contributed by atoms with Crippen LogP contribution in [0.3, 0.4) is 0 Å². The zero-order chi connectivity index (χ0) is 20.9. The lowest BCUT2D eigenvalue weighted by atomic mass is 10.1. The SMILES string of the molecule is CCNC(=NCCc1nnc2ccccn12)N1CCN(c2cccc(C)c2C)CC1.I. The maximum atomic E-state index is 4.88. The van der Waals surface area contributed by atoms with Crippen LogP contribution in [0.4, 0.5) is 5.69 Å². The number of hydrogen-bond acceptors (Lipinski definition) is 4. The van der Waals surface area contributed by atoms with Gasteiger partial charge >= 0.3 is 0 Å². The average Bonchev–Trinajstić information content (AvgIpc) is 3.18. The number of benzene rings is 1. The Morgan fingerprint density at radius 1 is 1.03 bits per heavy atom. The van der Waals surface area contributed by atoms with Crippen molar-refractivity contribution in [3.05, 3.63) is 59.5 Å². The molecule has 1 aliphatic rings. The first-order valence-electron chi connectivity index (χ1n) is 10.8. The molecule has 2 aromatic heterocycles. The van der Waals surface area contributed by atoms with Crippen LogP contribution in [-0.4, -0.2) is 64.7 Å². The molecule has 166 valence electrons. The zero-order valence-electron chi connectivity index (χ0n) is 18.6. The fourth-order valence-electron chi connectivity index (χ4n) is 3.99. The zero-order valence-corrected chi connectivity index (χ0v) is 20.9. The van der Waals surface area contributed by atoms with Gasteiger partial charge in [0.25, 0.3) is 0 Å². The van der Waals surface area contributed by atoms with Crippen LogP contribution in [0.25, 0.3) is 5.65 Å². The summed E-state index contributed by atoms with van der Waals surface area (Å²) in [5.74, 6) is 1.94. The summed E-state index contributed by atoms with van der Waals surface area (Å²) in [7, 11) is 0. The van der Waals surface area contributed by atoms with Crippen LogP contribution in [0.5, 0.6) is 0 Å². The van der Waals surface area contributed by atoms with Gasteiger partial charge in [-0.1, -0.05) is 18.2 Å². The van der Waals surface area contributed by atoms with Crippen LogP contribution in [0, 0.1) is 13.8 Å². The summed E-state index contributed by atoms with van der Waals surface area (Å²) in [4.78, 5) is 9.74. The van der Waals surface area contributed by atoms with E-state index in [-0.39, 0.29) is 24.0 Å². The molecular formula is C23H32IN7. The second kappa shape index (κ2) is 10.8. The van der Waals surface area contributed by atoms with E-state index in [0.29, 0.717) is 6.54 Å². The lowest BCUT2D eigenvalue weighted by Crippen LogP contribution is -2.52. The number of fused-ring (bicyclic) bond motifs is 1. The molecule has 8 heteroatoms. The van der Waals surface area contributed by atoms with Gasteiger partial charge in [-0.2, -0.15) is 0 Å². The molecule has 0 bridgehead atoms. The summed E-state index contributed by atoms with van der Waals surface area (Å²) in [6.45, 7) is 12.0. The molecule has 1 aromatic carbocycles. The van der Waals surface area contributed by atoms with Crippen molar-refractivity contribution in [1.82, 2.24) is 24.8 Å². The van der Waals surface area contributed by atoms with Gasteiger partial charge in [0.2, 0.25) is 0 Å². The minimum absolute atomic E-state index is 0. The molecule has 1 N–H and O–H groups in total. The largest absolute Gasteiger partial charge is 0.368 e. The molecule has 1 saturated heterocycles. The van der Waals surface area contributed by atoms with Gasteiger partial charge < -0.3 is 15.1 Å². The summed E-state index contributed by atoms with van der Waals surface area (Å²) in [6.07, 6.45) is 2.77. The van der Waals surface area contributed by atoms with Gasteiger partial charge in [-0.25, -0.2) is 0 Å². The van der Waals surface area contributed by atoms with Gasteiger partial charge in [0.15, 0.2) is 11.6 Å². The molecule has 31 heavy (non-hydrogen) atoms. The number of pyridine rings is 1. The molecule has 0 unspecified atom stereocenters. The van der Waals surface area contributed by atoms with E-state index in [1.807, 2.05) is 28.8 Å². The monoisotopic (exact) mass is 533 g/mol. The Labute approximate surface area is 201 Å². The Balaban J connectivity index is 0.00000272. The molecule has 4 rings (SSSR count). The number of aryl methyl sites for hydroxylation is 1. The number of anilines is 1. The van der Waals surface area contributed by atoms with Gasteiger partial charge in [0.1, 0.15) is 5.82 Å². The Kier molecular flexibility index (Phi) is 8.11. The van der Waals surface area contributed by atoms with Crippen LogP contribution in [0.2, 0.25) is 0 Å². The number of rotatable bonds is 5. The quantitative estimate of drug-likeness (QED) is 0.310. The summed E-state index contributed by atoms with van der Waals surface area (Å²) in [5, 5.41) is 12.0. The molecule has 3 aromatic rings. The number of nitrogens with one attached hydrogen (secondary N) is 1. The van der Waals surface area contributed by atoms with Gasteiger partial charge in [-0.05, 0) is 50.1 Å². The number of aliphatic imine (C=N–C) groups is 1. The third kappa shape index (κ3) is 5.28. The molecule has 0 spiro atoms. The van der Waals surface area contributed by atoms with Crippen LogP contribution in [0.1, 0.15) is 23.9 Å². The molecule has 0 atom stereocenters. The number of piperazine rings is 1. The van der Waals surface area contributed by atoms with Crippen LogP contribution < -0.4 is 10.2 Å². The van der Waals surface area contributed by atoms with E-state index in [1.165, 1.54) is 16.8 Å². The molecule has 1 aliphatic heterocycles. The first-order valence-corrected chi connectivity index (χ1v) is 10.8. The smallest absolute Gasteiger partial charge is 0.194 e. The lowest BCUT2D eigenvalue weighted by molar-refractivity contribution is 0.372. The van der Waals surface area contributed by atoms with E-state index < -0.39 is 0 Å². The van der Waals surface area contributed by atoms with E-state index in [0.717, 1.165) is 56.6 Å². The van der Waals surface area contributed by atoms with Crippen molar-refractivity contribution in [2.45, 2.75) is 27.2 Å². The minimum atomic E-state index is 0. The van der Waals surface area contributed by atoms with Crippen molar-refractivity contribution in [1.29, 1.82) is 0 Å². The number of halogens is 1. The summed E-state index contributed by atoms with van der Waals surface area (Å²) in [5.41, 5.74) is 4.97. The molecule has 0 radical (unpaired) electrons.